The molecular weight excluding hydrogens is 202 g/mol. The Balaban J connectivity index is 2.11. The van der Waals surface area contributed by atoms with Gasteiger partial charge in [0.2, 0.25) is 0 Å². The van der Waals surface area contributed by atoms with Crippen LogP contribution in [0.25, 0.3) is 0 Å². The molecule has 0 radical (unpaired) electrons. The highest BCUT2D eigenvalue weighted by Gasteiger charge is 2.39. The van der Waals surface area contributed by atoms with E-state index >= 15 is 0 Å². The second-order valence-electron chi connectivity index (χ2n) is 3.57. The Morgan fingerprint density at radius 1 is 1.53 bits per heavy atom. The normalized spacial score (nSPS) is 35.6. The largest absolute Gasteiger partial charge is 0.394 e. The summed E-state index contributed by atoms with van der Waals surface area (Å²) in [5.74, 6) is -0.962. The van der Waals surface area contributed by atoms with Crippen molar-refractivity contribution in [1.82, 2.24) is 5.32 Å². The minimum absolute atomic E-state index is 0.218. The van der Waals surface area contributed by atoms with E-state index in [1.807, 2.05) is 0 Å². The highest BCUT2D eigenvalue weighted by molar-refractivity contribution is 6.16. The lowest BCUT2D eigenvalue weighted by Gasteiger charge is -2.11. The predicted octanol–water partition coefficient (Wildman–Crippen LogP) is -1.92. The minimum Gasteiger partial charge on any atom is -0.394 e. The van der Waals surface area contributed by atoms with E-state index in [1.165, 1.54) is 6.08 Å². The molecule has 0 aromatic carbocycles. The first kappa shape index (κ1) is 10.3. The van der Waals surface area contributed by atoms with Gasteiger partial charge in [0.05, 0.1) is 24.4 Å². The molecule has 15 heavy (non-hydrogen) atoms. The number of amides is 2. The summed E-state index contributed by atoms with van der Waals surface area (Å²) in [4.78, 5) is 22.1. The molecule has 2 amide bonds. The molecule has 3 atom stereocenters. The molecule has 0 unspecified atom stereocenters. The molecule has 0 spiro atoms. The molecule has 0 aliphatic carbocycles. The standard InChI is InChI=1S/C9H11NO5/c11-3-7-5(12)2-6(15-7)4-1-8(13)10-9(4)14/h1,5-7,11-12H,2-3H2,(H,10,13,14)/t5-,6+,7+/m0/s1. The number of hydrogen-bond acceptors (Lipinski definition) is 5. The Kier molecular flexibility index (Phi) is 2.56. The molecule has 0 aromatic heterocycles. The van der Waals surface area contributed by atoms with Crippen molar-refractivity contribution in [2.75, 3.05) is 6.61 Å². The van der Waals surface area contributed by atoms with Gasteiger partial charge in [0.25, 0.3) is 11.8 Å². The van der Waals surface area contributed by atoms with Gasteiger partial charge in [-0.2, -0.15) is 0 Å². The molecule has 6 heteroatoms. The number of nitrogens with one attached hydrogen (secondary N) is 1. The maximum atomic E-state index is 11.2. The maximum absolute atomic E-state index is 11.2. The van der Waals surface area contributed by atoms with Crippen molar-refractivity contribution in [1.29, 1.82) is 0 Å². The lowest BCUT2D eigenvalue weighted by atomic mass is 10.1. The molecular formula is C9H11NO5. The third kappa shape index (κ3) is 1.79. The minimum atomic E-state index is -0.801. The summed E-state index contributed by atoms with van der Waals surface area (Å²) in [5, 5.41) is 20.4. The quantitative estimate of drug-likeness (QED) is 0.465. The van der Waals surface area contributed by atoms with Gasteiger partial charge in [-0.3, -0.25) is 14.9 Å². The average Bonchev–Trinajstić information content (AvgIpc) is 2.69. The lowest BCUT2D eigenvalue weighted by Crippen LogP contribution is -2.27. The average molecular weight is 213 g/mol. The van der Waals surface area contributed by atoms with E-state index < -0.39 is 30.1 Å². The smallest absolute Gasteiger partial charge is 0.256 e. The van der Waals surface area contributed by atoms with E-state index in [4.69, 9.17) is 9.84 Å². The lowest BCUT2D eigenvalue weighted by molar-refractivity contribution is -0.124. The Bertz CT molecular complexity index is 337. The number of aliphatic hydroxyl groups excluding tert-OH is 2. The predicted molar refractivity (Wildman–Crippen MR) is 47.6 cm³/mol. The molecule has 0 saturated carbocycles. The molecule has 6 nitrogen and oxygen atoms in total. The number of carbonyl (C=O) groups excluding carboxylic acids is 2. The van der Waals surface area contributed by atoms with Gasteiger partial charge >= 0.3 is 0 Å². The van der Waals surface area contributed by atoms with Crippen molar-refractivity contribution >= 4 is 11.8 Å². The van der Waals surface area contributed by atoms with Crippen LogP contribution < -0.4 is 5.32 Å². The van der Waals surface area contributed by atoms with Crippen LogP contribution >= 0.6 is 0 Å². The van der Waals surface area contributed by atoms with Crippen LogP contribution in [-0.4, -0.2) is 46.9 Å². The number of ether oxygens (including phenoxy) is 1. The Labute approximate surface area is 85.5 Å². The van der Waals surface area contributed by atoms with Crippen molar-refractivity contribution < 1.29 is 24.5 Å². The second-order valence-corrected chi connectivity index (χ2v) is 3.57. The van der Waals surface area contributed by atoms with Crippen LogP contribution in [0.3, 0.4) is 0 Å². The zero-order valence-electron chi connectivity index (χ0n) is 7.84. The first-order valence-corrected chi connectivity index (χ1v) is 4.63. The van der Waals surface area contributed by atoms with Crippen molar-refractivity contribution in [3.8, 4) is 0 Å². The van der Waals surface area contributed by atoms with E-state index in [-0.39, 0.29) is 18.6 Å². The van der Waals surface area contributed by atoms with Crippen LogP contribution in [0, 0.1) is 0 Å². The summed E-state index contributed by atoms with van der Waals surface area (Å²) >= 11 is 0. The molecule has 1 saturated heterocycles. The zero-order valence-corrected chi connectivity index (χ0v) is 7.84. The Hall–Kier alpha value is -1.24. The Morgan fingerprint density at radius 2 is 2.27 bits per heavy atom. The Morgan fingerprint density at radius 3 is 2.73 bits per heavy atom. The summed E-state index contributed by atoms with van der Waals surface area (Å²) < 4.78 is 5.24. The molecule has 3 N–H and O–H groups in total. The zero-order chi connectivity index (χ0) is 11.0. The SMILES string of the molecule is O=C1C=C([C@H]2C[C@H](O)[C@@H](CO)O2)C(=O)N1. The van der Waals surface area contributed by atoms with E-state index in [0.29, 0.717) is 0 Å². The van der Waals surface area contributed by atoms with Gasteiger partial charge in [-0.15, -0.1) is 0 Å². The van der Waals surface area contributed by atoms with Gasteiger partial charge in [-0.25, -0.2) is 0 Å². The van der Waals surface area contributed by atoms with E-state index in [0.717, 1.165) is 0 Å². The molecule has 2 aliphatic heterocycles. The highest BCUT2D eigenvalue weighted by Crippen LogP contribution is 2.26. The van der Waals surface area contributed by atoms with Crippen molar-refractivity contribution in [2.45, 2.75) is 24.7 Å². The van der Waals surface area contributed by atoms with E-state index in [1.54, 1.807) is 0 Å². The second kappa shape index (κ2) is 3.73. The third-order valence-corrected chi connectivity index (χ3v) is 2.54. The first-order chi connectivity index (χ1) is 7.11. The summed E-state index contributed by atoms with van der Waals surface area (Å²) in [6, 6.07) is 0. The van der Waals surface area contributed by atoms with Gasteiger partial charge in [-0.1, -0.05) is 0 Å². The van der Waals surface area contributed by atoms with Crippen LogP contribution in [0.5, 0.6) is 0 Å². The number of rotatable bonds is 2. The molecule has 2 rings (SSSR count). The van der Waals surface area contributed by atoms with Crippen LogP contribution in [0.15, 0.2) is 11.6 Å². The van der Waals surface area contributed by atoms with Gasteiger partial charge in [0, 0.05) is 12.5 Å². The van der Waals surface area contributed by atoms with Crippen LogP contribution in [-0.2, 0) is 14.3 Å². The summed E-state index contributed by atoms with van der Waals surface area (Å²) in [6.45, 7) is -0.305. The van der Waals surface area contributed by atoms with Gasteiger partial charge in [-0.05, 0) is 0 Å². The van der Waals surface area contributed by atoms with Crippen molar-refractivity contribution in [3.63, 3.8) is 0 Å². The van der Waals surface area contributed by atoms with Crippen LogP contribution in [0.2, 0.25) is 0 Å². The molecule has 2 heterocycles. The molecule has 82 valence electrons. The third-order valence-electron chi connectivity index (χ3n) is 2.54. The number of imide groups is 1. The fraction of sp³-hybridized carbons (Fsp3) is 0.556. The van der Waals surface area contributed by atoms with Gasteiger partial charge in [0.1, 0.15) is 6.10 Å². The molecule has 1 fully saturated rings. The molecule has 2 aliphatic rings. The fourth-order valence-electron chi connectivity index (χ4n) is 1.76. The number of carbonyl (C=O) groups is 2. The van der Waals surface area contributed by atoms with Crippen molar-refractivity contribution in [3.05, 3.63) is 11.6 Å². The van der Waals surface area contributed by atoms with E-state index in [9.17, 15) is 14.7 Å². The highest BCUT2D eigenvalue weighted by atomic mass is 16.5. The molecule has 0 bridgehead atoms. The first-order valence-electron chi connectivity index (χ1n) is 4.63. The van der Waals surface area contributed by atoms with Gasteiger partial charge in [0.15, 0.2) is 0 Å². The topological polar surface area (TPSA) is 95.9 Å². The number of hydrogen-bond donors (Lipinski definition) is 3. The van der Waals surface area contributed by atoms with Crippen LogP contribution in [0.4, 0.5) is 0 Å². The van der Waals surface area contributed by atoms with E-state index in [2.05, 4.69) is 5.32 Å². The van der Waals surface area contributed by atoms with Crippen LogP contribution in [0.1, 0.15) is 6.42 Å². The summed E-state index contributed by atoms with van der Waals surface area (Å²) in [5.41, 5.74) is 0.218. The maximum Gasteiger partial charge on any atom is 0.256 e. The van der Waals surface area contributed by atoms with Crippen molar-refractivity contribution in [2.24, 2.45) is 0 Å². The summed E-state index contributed by atoms with van der Waals surface area (Å²) in [6.07, 6.45) is -0.704. The fourth-order valence-corrected chi connectivity index (χ4v) is 1.76. The monoisotopic (exact) mass is 213 g/mol. The molecule has 0 aromatic rings. The van der Waals surface area contributed by atoms with Gasteiger partial charge < -0.3 is 14.9 Å². The summed E-state index contributed by atoms with van der Waals surface area (Å²) in [7, 11) is 0. The number of aliphatic hydroxyl groups is 2.